The molecule has 2 aromatic heterocycles. The number of nitrogens with zero attached hydrogens (tertiary/aromatic N) is 3. The molecule has 1 N–H and O–H groups in total. The molecular formula is C12H15ClN4S. The van der Waals surface area contributed by atoms with Crippen LogP contribution in [0.2, 0.25) is 5.02 Å². The fourth-order valence-electron chi connectivity index (χ4n) is 1.45. The van der Waals surface area contributed by atoms with Crippen LogP contribution in [0.4, 0.5) is 5.82 Å². The standard InChI is InChI=1S/C12H15ClN4S/c1-8(2)12-17-9(6-18-12)3-4-15-11-10(13)5-14-7-16-11/h5-8H,3-4H2,1-2H3,(H,14,15,16). The molecule has 0 aliphatic rings. The van der Waals surface area contributed by atoms with Crippen LogP contribution >= 0.6 is 22.9 Å². The molecule has 96 valence electrons. The van der Waals surface area contributed by atoms with Crippen molar-refractivity contribution in [2.24, 2.45) is 0 Å². The average Bonchev–Trinajstić information content (AvgIpc) is 2.80. The molecule has 0 aliphatic carbocycles. The van der Waals surface area contributed by atoms with Gasteiger partial charge in [0.1, 0.15) is 17.2 Å². The Morgan fingerprint density at radius 1 is 1.44 bits per heavy atom. The smallest absolute Gasteiger partial charge is 0.148 e. The number of hydrogen-bond donors (Lipinski definition) is 1. The Kier molecular flexibility index (Phi) is 4.49. The van der Waals surface area contributed by atoms with Crippen LogP contribution < -0.4 is 5.32 Å². The van der Waals surface area contributed by atoms with E-state index in [9.17, 15) is 0 Å². The molecule has 18 heavy (non-hydrogen) atoms. The Balaban J connectivity index is 1.87. The molecule has 4 nitrogen and oxygen atoms in total. The summed E-state index contributed by atoms with van der Waals surface area (Å²) in [5.41, 5.74) is 1.11. The fraction of sp³-hybridized carbons (Fsp3) is 0.417. The van der Waals surface area contributed by atoms with E-state index < -0.39 is 0 Å². The van der Waals surface area contributed by atoms with Crippen molar-refractivity contribution < 1.29 is 0 Å². The maximum Gasteiger partial charge on any atom is 0.148 e. The van der Waals surface area contributed by atoms with Gasteiger partial charge < -0.3 is 5.32 Å². The van der Waals surface area contributed by atoms with E-state index in [1.54, 1.807) is 17.5 Å². The summed E-state index contributed by atoms with van der Waals surface area (Å²) in [7, 11) is 0. The first-order valence-corrected chi connectivity index (χ1v) is 7.06. The van der Waals surface area contributed by atoms with Gasteiger partial charge in [0.15, 0.2) is 0 Å². The van der Waals surface area contributed by atoms with Crippen molar-refractivity contribution in [3.8, 4) is 0 Å². The monoisotopic (exact) mass is 282 g/mol. The van der Waals surface area contributed by atoms with Crippen molar-refractivity contribution >= 4 is 28.8 Å². The third-order valence-corrected chi connectivity index (χ3v) is 3.88. The fourth-order valence-corrected chi connectivity index (χ4v) is 2.50. The van der Waals surface area contributed by atoms with Gasteiger partial charge in [0.25, 0.3) is 0 Å². The minimum atomic E-state index is 0.494. The highest BCUT2D eigenvalue weighted by atomic mass is 35.5. The maximum absolute atomic E-state index is 5.95. The molecule has 6 heteroatoms. The molecule has 0 aromatic carbocycles. The molecule has 0 atom stereocenters. The number of anilines is 1. The third-order valence-electron chi connectivity index (χ3n) is 2.40. The summed E-state index contributed by atoms with van der Waals surface area (Å²) < 4.78 is 0. The first-order valence-electron chi connectivity index (χ1n) is 5.80. The molecular weight excluding hydrogens is 268 g/mol. The summed E-state index contributed by atoms with van der Waals surface area (Å²) in [6.07, 6.45) is 3.92. The highest BCUT2D eigenvalue weighted by molar-refractivity contribution is 7.09. The van der Waals surface area contributed by atoms with Gasteiger partial charge in [-0.15, -0.1) is 11.3 Å². The highest BCUT2D eigenvalue weighted by Crippen LogP contribution is 2.20. The normalized spacial score (nSPS) is 10.9. The zero-order valence-electron chi connectivity index (χ0n) is 10.4. The summed E-state index contributed by atoms with van der Waals surface area (Å²) in [6.45, 7) is 5.07. The number of hydrogen-bond acceptors (Lipinski definition) is 5. The van der Waals surface area contributed by atoms with E-state index in [1.807, 2.05) is 0 Å². The topological polar surface area (TPSA) is 50.7 Å². The third kappa shape index (κ3) is 3.40. The zero-order valence-corrected chi connectivity index (χ0v) is 11.9. The van der Waals surface area contributed by atoms with Gasteiger partial charge in [-0.25, -0.2) is 15.0 Å². The Morgan fingerprint density at radius 2 is 2.28 bits per heavy atom. The molecule has 0 bridgehead atoms. The molecule has 0 amide bonds. The van der Waals surface area contributed by atoms with Gasteiger partial charge >= 0.3 is 0 Å². The quantitative estimate of drug-likeness (QED) is 0.913. The number of aromatic nitrogens is 3. The van der Waals surface area contributed by atoms with Crippen molar-refractivity contribution in [3.63, 3.8) is 0 Å². The van der Waals surface area contributed by atoms with Crippen LogP contribution in [0.15, 0.2) is 17.9 Å². The second kappa shape index (κ2) is 6.11. The lowest BCUT2D eigenvalue weighted by molar-refractivity contribution is 0.835. The molecule has 0 unspecified atom stereocenters. The molecule has 0 aliphatic heterocycles. The van der Waals surface area contributed by atoms with E-state index in [0.29, 0.717) is 16.8 Å². The Bertz CT molecular complexity index is 512. The first kappa shape index (κ1) is 13.2. The van der Waals surface area contributed by atoms with Crippen molar-refractivity contribution in [2.45, 2.75) is 26.2 Å². The average molecular weight is 283 g/mol. The minimum absolute atomic E-state index is 0.494. The summed E-state index contributed by atoms with van der Waals surface area (Å²) in [5, 5.41) is 7.02. The van der Waals surface area contributed by atoms with Gasteiger partial charge in [0.05, 0.1) is 16.9 Å². The highest BCUT2D eigenvalue weighted by Gasteiger charge is 2.06. The number of nitrogens with one attached hydrogen (secondary N) is 1. The molecule has 0 fully saturated rings. The molecule has 2 heterocycles. The number of halogens is 1. The van der Waals surface area contributed by atoms with Crippen LogP contribution in [0.1, 0.15) is 30.5 Å². The Hall–Kier alpha value is -1.20. The van der Waals surface area contributed by atoms with Crippen LogP contribution in [-0.4, -0.2) is 21.5 Å². The molecule has 0 saturated carbocycles. The lowest BCUT2D eigenvalue weighted by atomic mass is 10.2. The lowest BCUT2D eigenvalue weighted by Crippen LogP contribution is -2.07. The molecule has 2 rings (SSSR count). The van der Waals surface area contributed by atoms with E-state index in [0.717, 1.165) is 18.7 Å². The van der Waals surface area contributed by atoms with Crippen LogP contribution in [0.5, 0.6) is 0 Å². The van der Waals surface area contributed by atoms with E-state index >= 15 is 0 Å². The van der Waals surface area contributed by atoms with E-state index in [2.05, 4.69) is 39.5 Å². The van der Waals surface area contributed by atoms with Gasteiger partial charge in [0, 0.05) is 24.3 Å². The van der Waals surface area contributed by atoms with Crippen LogP contribution in [0, 0.1) is 0 Å². The first-order chi connectivity index (χ1) is 8.66. The van der Waals surface area contributed by atoms with Gasteiger partial charge in [-0.1, -0.05) is 25.4 Å². The van der Waals surface area contributed by atoms with Crippen molar-refractivity contribution in [1.82, 2.24) is 15.0 Å². The second-order valence-corrected chi connectivity index (χ2v) is 5.52. The Morgan fingerprint density at radius 3 is 2.94 bits per heavy atom. The molecule has 0 saturated heterocycles. The maximum atomic E-state index is 5.95. The Labute approximate surface area is 115 Å². The predicted octanol–water partition coefficient (Wildman–Crippen LogP) is 3.36. The van der Waals surface area contributed by atoms with Crippen molar-refractivity contribution in [3.05, 3.63) is 33.6 Å². The minimum Gasteiger partial charge on any atom is -0.368 e. The molecule has 0 spiro atoms. The zero-order chi connectivity index (χ0) is 13.0. The summed E-state index contributed by atoms with van der Waals surface area (Å²) >= 11 is 7.67. The van der Waals surface area contributed by atoms with Crippen LogP contribution in [-0.2, 0) is 6.42 Å². The van der Waals surface area contributed by atoms with Gasteiger partial charge in [-0.3, -0.25) is 0 Å². The van der Waals surface area contributed by atoms with Crippen LogP contribution in [0.25, 0.3) is 0 Å². The number of rotatable bonds is 5. The summed E-state index contributed by atoms with van der Waals surface area (Å²) in [5.74, 6) is 1.17. The second-order valence-electron chi connectivity index (χ2n) is 4.23. The molecule has 2 aromatic rings. The van der Waals surface area contributed by atoms with Crippen LogP contribution in [0.3, 0.4) is 0 Å². The van der Waals surface area contributed by atoms with E-state index in [4.69, 9.17) is 11.6 Å². The summed E-state index contributed by atoms with van der Waals surface area (Å²) in [6, 6.07) is 0. The summed E-state index contributed by atoms with van der Waals surface area (Å²) in [4.78, 5) is 12.5. The van der Waals surface area contributed by atoms with Gasteiger partial charge in [0.2, 0.25) is 0 Å². The van der Waals surface area contributed by atoms with Crippen molar-refractivity contribution in [1.29, 1.82) is 0 Å². The lowest BCUT2D eigenvalue weighted by Gasteiger charge is -2.05. The molecule has 0 radical (unpaired) electrons. The van der Waals surface area contributed by atoms with Crippen molar-refractivity contribution in [2.75, 3.05) is 11.9 Å². The SMILES string of the molecule is CC(C)c1nc(CCNc2ncncc2Cl)cs1. The number of thiazole rings is 1. The largest absolute Gasteiger partial charge is 0.368 e. The predicted molar refractivity (Wildman–Crippen MR) is 75.4 cm³/mol. The van der Waals surface area contributed by atoms with E-state index in [-0.39, 0.29) is 0 Å². The van der Waals surface area contributed by atoms with Gasteiger partial charge in [-0.2, -0.15) is 0 Å². The van der Waals surface area contributed by atoms with Gasteiger partial charge in [-0.05, 0) is 0 Å². The van der Waals surface area contributed by atoms with E-state index in [1.165, 1.54) is 11.3 Å².